The van der Waals surface area contributed by atoms with Gasteiger partial charge in [0.1, 0.15) is 0 Å². The summed E-state index contributed by atoms with van der Waals surface area (Å²) in [4.78, 5) is 11.2. The summed E-state index contributed by atoms with van der Waals surface area (Å²) in [5.41, 5.74) is 3.91. The van der Waals surface area contributed by atoms with E-state index in [1.807, 2.05) is 71.5 Å². The lowest BCUT2D eigenvalue weighted by molar-refractivity contribution is -0.119. The maximum Gasteiger partial charge on any atom is 0.217 e. The fraction of sp³-hybridized carbons (Fsp3) is 0.111. The van der Waals surface area contributed by atoms with Crippen molar-refractivity contribution >= 4 is 5.91 Å². The average Bonchev–Trinajstić information content (AvgIpc) is 2.99. The molecule has 3 rings (SSSR count). The van der Waals surface area contributed by atoms with Crippen LogP contribution in [0.1, 0.15) is 12.5 Å². The van der Waals surface area contributed by atoms with Gasteiger partial charge in [0.15, 0.2) is 0 Å². The van der Waals surface area contributed by atoms with E-state index in [9.17, 15) is 4.79 Å². The fourth-order valence-electron chi connectivity index (χ4n) is 2.31. The highest BCUT2D eigenvalue weighted by Crippen LogP contribution is 2.23. The van der Waals surface area contributed by atoms with Gasteiger partial charge in [0.25, 0.3) is 0 Å². The van der Waals surface area contributed by atoms with Gasteiger partial charge in [-0.05, 0) is 12.1 Å². The SMILES string of the molecule is CC(=O)NCc1cn(-c2ccccc2)nc1-c1ccccc1. The average molecular weight is 291 g/mol. The molecular formula is C18H17N3O. The van der Waals surface area contributed by atoms with E-state index in [1.54, 1.807) is 0 Å². The summed E-state index contributed by atoms with van der Waals surface area (Å²) >= 11 is 0. The molecule has 0 saturated carbocycles. The Bertz CT molecular complexity index is 764. The van der Waals surface area contributed by atoms with Gasteiger partial charge in [0.05, 0.1) is 11.4 Å². The largest absolute Gasteiger partial charge is 0.352 e. The van der Waals surface area contributed by atoms with Crippen LogP contribution >= 0.6 is 0 Å². The van der Waals surface area contributed by atoms with Crippen molar-refractivity contribution in [1.82, 2.24) is 15.1 Å². The van der Waals surface area contributed by atoms with Crippen molar-refractivity contribution in [2.75, 3.05) is 0 Å². The zero-order chi connectivity index (χ0) is 15.4. The number of amides is 1. The van der Waals surface area contributed by atoms with Crippen molar-refractivity contribution < 1.29 is 4.79 Å². The second kappa shape index (κ2) is 6.26. The normalized spacial score (nSPS) is 10.4. The van der Waals surface area contributed by atoms with Gasteiger partial charge in [-0.3, -0.25) is 4.79 Å². The first-order chi connectivity index (χ1) is 10.7. The van der Waals surface area contributed by atoms with E-state index >= 15 is 0 Å². The lowest BCUT2D eigenvalue weighted by Gasteiger charge is -2.02. The van der Waals surface area contributed by atoms with Crippen molar-refractivity contribution in [2.45, 2.75) is 13.5 Å². The molecule has 0 aliphatic heterocycles. The first-order valence-corrected chi connectivity index (χ1v) is 7.18. The van der Waals surface area contributed by atoms with Gasteiger partial charge in [0.2, 0.25) is 5.91 Å². The Hall–Kier alpha value is -2.88. The van der Waals surface area contributed by atoms with Crippen LogP contribution < -0.4 is 5.32 Å². The van der Waals surface area contributed by atoms with Crippen LogP contribution in [-0.2, 0) is 11.3 Å². The number of carbonyl (C=O) groups is 1. The van der Waals surface area contributed by atoms with Gasteiger partial charge in [-0.2, -0.15) is 5.10 Å². The molecule has 0 spiro atoms. The summed E-state index contributed by atoms with van der Waals surface area (Å²) in [6.45, 7) is 1.98. The quantitative estimate of drug-likeness (QED) is 0.802. The number of hydrogen-bond donors (Lipinski definition) is 1. The van der Waals surface area contributed by atoms with E-state index in [0.29, 0.717) is 6.54 Å². The highest BCUT2D eigenvalue weighted by atomic mass is 16.1. The third kappa shape index (κ3) is 3.06. The lowest BCUT2D eigenvalue weighted by Crippen LogP contribution is -2.18. The van der Waals surface area contributed by atoms with Gasteiger partial charge in [-0.25, -0.2) is 4.68 Å². The molecule has 0 bridgehead atoms. The highest BCUT2D eigenvalue weighted by molar-refractivity contribution is 5.73. The first kappa shape index (κ1) is 14.1. The number of benzene rings is 2. The topological polar surface area (TPSA) is 46.9 Å². The van der Waals surface area contributed by atoms with E-state index in [4.69, 9.17) is 5.10 Å². The van der Waals surface area contributed by atoms with Gasteiger partial charge in [-0.15, -0.1) is 0 Å². The molecule has 3 aromatic rings. The minimum absolute atomic E-state index is 0.0496. The summed E-state index contributed by atoms with van der Waals surface area (Å²) in [5.74, 6) is -0.0496. The number of nitrogens with zero attached hydrogens (tertiary/aromatic N) is 2. The molecular weight excluding hydrogens is 274 g/mol. The third-order valence-corrected chi connectivity index (χ3v) is 3.39. The Labute approximate surface area is 129 Å². The maximum atomic E-state index is 11.2. The van der Waals surface area contributed by atoms with E-state index in [-0.39, 0.29) is 5.91 Å². The third-order valence-electron chi connectivity index (χ3n) is 3.39. The second-order valence-corrected chi connectivity index (χ2v) is 5.06. The number of rotatable bonds is 4. The van der Waals surface area contributed by atoms with Crippen molar-refractivity contribution in [3.63, 3.8) is 0 Å². The maximum absolute atomic E-state index is 11.2. The molecule has 1 N–H and O–H groups in total. The van der Waals surface area contributed by atoms with E-state index in [2.05, 4.69) is 5.32 Å². The van der Waals surface area contributed by atoms with Crippen LogP contribution in [0.15, 0.2) is 66.9 Å². The van der Waals surface area contributed by atoms with Gasteiger partial charge >= 0.3 is 0 Å². The second-order valence-electron chi connectivity index (χ2n) is 5.06. The van der Waals surface area contributed by atoms with Crippen LogP contribution in [0.3, 0.4) is 0 Å². The van der Waals surface area contributed by atoms with E-state index in [1.165, 1.54) is 6.92 Å². The first-order valence-electron chi connectivity index (χ1n) is 7.18. The minimum atomic E-state index is -0.0496. The number of carbonyl (C=O) groups excluding carboxylic acids is 1. The summed E-state index contributed by atoms with van der Waals surface area (Å²) in [6, 6.07) is 19.9. The zero-order valence-corrected chi connectivity index (χ0v) is 12.4. The molecule has 4 heteroatoms. The van der Waals surface area contributed by atoms with Crippen molar-refractivity contribution in [3.05, 3.63) is 72.4 Å². The highest BCUT2D eigenvalue weighted by Gasteiger charge is 2.12. The molecule has 0 atom stereocenters. The van der Waals surface area contributed by atoms with Crippen molar-refractivity contribution in [2.24, 2.45) is 0 Å². The van der Waals surface area contributed by atoms with Crippen LogP contribution in [0.5, 0.6) is 0 Å². The monoisotopic (exact) mass is 291 g/mol. The zero-order valence-electron chi connectivity index (χ0n) is 12.4. The summed E-state index contributed by atoms with van der Waals surface area (Å²) in [7, 11) is 0. The standard InChI is InChI=1S/C18H17N3O/c1-14(22)19-12-16-13-21(17-10-6-3-7-11-17)20-18(16)15-8-4-2-5-9-15/h2-11,13H,12H2,1H3,(H,19,22). The Balaban J connectivity index is 2.03. The van der Waals surface area contributed by atoms with E-state index in [0.717, 1.165) is 22.5 Å². The number of hydrogen-bond acceptors (Lipinski definition) is 2. The molecule has 4 nitrogen and oxygen atoms in total. The molecule has 110 valence electrons. The Kier molecular flexibility index (Phi) is 4.01. The van der Waals surface area contributed by atoms with Gasteiger partial charge in [0, 0.05) is 30.8 Å². The summed E-state index contributed by atoms with van der Waals surface area (Å²) < 4.78 is 1.85. The van der Waals surface area contributed by atoms with Crippen LogP contribution in [0.25, 0.3) is 16.9 Å². The summed E-state index contributed by atoms with van der Waals surface area (Å²) in [5, 5.41) is 7.54. The van der Waals surface area contributed by atoms with E-state index < -0.39 is 0 Å². The number of para-hydroxylation sites is 1. The Morgan fingerprint density at radius 2 is 1.68 bits per heavy atom. The molecule has 1 heterocycles. The smallest absolute Gasteiger partial charge is 0.217 e. The molecule has 0 aliphatic rings. The molecule has 0 unspecified atom stereocenters. The van der Waals surface area contributed by atoms with Crippen LogP contribution in [0.2, 0.25) is 0 Å². The van der Waals surface area contributed by atoms with Crippen molar-refractivity contribution in [3.8, 4) is 16.9 Å². The lowest BCUT2D eigenvalue weighted by atomic mass is 10.1. The Morgan fingerprint density at radius 1 is 1.05 bits per heavy atom. The van der Waals surface area contributed by atoms with Crippen molar-refractivity contribution in [1.29, 1.82) is 0 Å². The van der Waals surface area contributed by atoms with Gasteiger partial charge in [-0.1, -0.05) is 48.5 Å². The van der Waals surface area contributed by atoms with Crippen LogP contribution in [-0.4, -0.2) is 15.7 Å². The van der Waals surface area contributed by atoms with Crippen LogP contribution in [0.4, 0.5) is 0 Å². The minimum Gasteiger partial charge on any atom is -0.352 e. The molecule has 0 saturated heterocycles. The molecule has 0 fully saturated rings. The molecule has 0 radical (unpaired) electrons. The fourth-order valence-corrected chi connectivity index (χ4v) is 2.31. The molecule has 2 aromatic carbocycles. The Morgan fingerprint density at radius 3 is 2.32 bits per heavy atom. The predicted molar refractivity (Wildman–Crippen MR) is 86.5 cm³/mol. The summed E-state index contributed by atoms with van der Waals surface area (Å²) in [6.07, 6.45) is 1.97. The molecule has 0 aliphatic carbocycles. The molecule has 1 aromatic heterocycles. The van der Waals surface area contributed by atoms with Crippen LogP contribution in [0, 0.1) is 0 Å². The number of aromatic nitrogens is 2. The van der Waals surface area contributed by atoms with Gasteiger partial charge < -0.3 is 5.32 Å². The number of nitrogens with one attached hydrogen (secondary N) is 1. The molecule has 22 heavy (non-hydrogen) atoms. The molecule has 1 amide bonds. The predicted octanol–water partition coefficient (Wildman–Crippen LogP) is 3.18.